The third-order valence-electron chi connectivity index (χ3n) is 15.2. The van der Waals surface area contributed by atoms with Gasteiger partial charge in [-0.2, -0.15) is 0 Å². The van der Waals surface area contributed by atoms with Crippen LogP contribution < -0.4 is 104 Å². The summed E-state index contributed by atoms with van der Waals surface area (Å²) in [6, 6.07) is 46.7. The number of carboxylic acids is 1. The van der Waals surface area contributed by atoms with E-state index in [2.05, 4.69) is 181 Å². The molecule has 0 aliphatic carbocycles. The first-order valence-electron chi connectivity index (χ1n) is 35.7. The smallest absolute Gasteiger partial charge is 0.870 e. The van der Waals surface area contributed by atoms with Crippen molar-refractivity contribution in [1.82, 2.24) is 55.6 Å². The minimum absolute atomic E-state index is 0. The molecular formula is C84H94BrClKLiN12O19Si2. The van der Waals surface area contributed by atoms with Crippen molar-refractivity contribution in [1.29, 1.82) is 0 Å². The topological polar surface area (TPSA) is 426 Å². The number of likely N-dealkylation sites (tertiary alicyclic amines) is 1. The van der Waals surface area contributed by atoms with E-state index in [1.165, 1.54) is 36.6 Å². The Morgan fingerprint density at radius 3 is 1.23 bits per heavy atom. The number of esters is 2. The first kappa shape index (κ1) is 108. The number of terminal acetylenes is 2. The van der Waals surface area contributed by atoms with E-state index in [0.29, 0.717) is 88.6 Å². The van der Waals surface area contributed by atoms with Gasteiger partial charge in [0.25, 0.3) is 11.1 Å². The molecule has 0 spiro atoms. The van der Waals surface area contributed by atoms with Gasteiger partial charge in [0.15, 0.2) is 34.4 Å². The zero-order valence-corrected chi connectivity index (χ0v) is 77.5. The van der Waals surface area contributed by atoms with E-state index in [-0.39, 0.29) is 105 Å². The SMILES string of the molecule is C#C[Si](C)(C)C.C#Cc1ccc(OC)cn1.CCOC(=O)/C(Cl)=N/O.CCOC(=O)c1cc(-c2ccc(OC)cn2)on1.COc1ccc(-c2cc(C(=O)N3CC(c4ccccc4)C3)no2)nc1.COc1ccc(-c2cc(C(=O)O)no2)nc1.COc1ccc(Br)nc1.COc1ccc(C#C[Si](C)(C)C)nc1.[K+].[Li+].[OH-].[OH-].c1ccc(C2CNC2)cc1. The number of nitrogens with one attached hydrogen (secondary N) is 1. The summed E-state index contributed by atoms with van der Waals surface area (Å²) in [6.07, 6.45) is 19.8. The van der Waals surface area contributed by atoms with Crippen LogP contribution in [0.1, 0.15) is 79.7 Å². The van der Waals surface area contributed by atoms with E-state index in [1.54, 1.807) is 140 Å². The summed E-state index contributed by atoms with van der Waals surface area (Å²) in [5, 5.41) is 32.6. The summed E-state index contributed by atoms with van der Waals surface area (Å²) in [4.78, 5) is 71.0. The number of hydrogen-bond donors (Lipinski definition) is 3. The molecule has 0 unspecified atom stereocenters. The Morgan fingerprint density at radius 2 is 0.909 bits per heavy atom. The number of carboxylic acid groups (broad SMARTS) is 1. The normalized spacial score (nSPS) is 11.2. The van der Waals surface area contributed by atoms with Crippen LogP contribution in [-0.2, 0) is 14.3 Å². The molecule has 5 N–H and O–H groups in total. The fourth-order valence-corrected chi connectivity index (χ4v) is 9.54. The van der Waals surface area contributed by atoms with E-state index in [9.17, 15) is 19.2 Å². The number of methoxy groups -OCH3 is 6. The van der Waals surface area contributed by atoms with Gasteiger partial charge in [-0.15, -0.1) is 23.9 Å². The standard InChI is InChI=1S/C19H17N3O3.C12H12N2O4.C11H15NOSi.C10H8N2O4.C9H11N.C8H7NO.C6H6BrNO.C5H10Si.C4H6ClNO3.K.Li.2H2O/c1-24-15-7-8-16(20-10-15)18-9-17(21-25-18)19(23)22-11-14(12-22)13-5-3-2-4-6-13;1-3-17-12(15)10-6-11(18-14-10)9-5-4-8(16-2)7-13-9;1-13-11-6-5-10(12-9-11)7-8-14(2,3)4;1-15-6-2-3-7(11-5-6)9-4-8(10(13)14)12-16-9;1-2-4-8(5-3-1)9-6-10-7-9;1-3-7-4-5-8(10-2)6-9-7;1-9-5-2-3-6(7)8-4-5;1-5-6(2,3)4;1-2-9-4(7)3(5)6-8;;;;/h2-10,14H,11-12H2,1H3;4-7H,3H2,1-2H3;5-6,9H,1-4H3;2-5H,1H3,(H,13,14);1-5,9-10H,6-7H2;1,4-6H,2H3;2-4H,1H3;1H,2-4H3;8H,2H2,1H3;;;2*1H2/q;;;;;;;;;2*+1;;/p-2/b;;;;;;;;6-3-;;;;. The number of aromatic nitrogens is 9. The van der Waals surface area contributed by atoms with Crippen molar-refractivity contribution in [3.05, 3.63) is 233 Å². The monoisotopic (exact) mass is 1790 g/mol. The van der Waals surface area contributed by atoms with Gasteiger partial charge in [-0.1, -0.05) is 144 Å². The number of ether oxygens (including phenoxy) is 8. The van der Waals surface area contributed by atoms with Gasteiger partial charge >= 0.3 is 88.2 Å². The average Bonchev–Trinajstić information content (AvgIpc) is 1.78. The summed E-state index contributed by atoms with van der Waals surface area (Å²) in [7, 11) is 7.11. The molecule has 11 heterocycles. The minimum atomic E-state index is -1.29. The van der Waals surface area contributed by atoms with Crippen molar-refractivity contribution in [3.63, 3.8) is 0 Å². The van der Waals surface area contributed by atoms with Crippen LogP contribution in [0, 0.1) is 35.8 Å². The number of amides is 1. The molecule has 2 aliphatic rings. The number of aromatic carboxylic acids is 1. The zero-order valence-electron chi connectivity index (χ0n) is 70.0. The molecule has 37 heteroatoms. The van der Waals surface area contributed by atoms with Crippen molar-refractivity contribution < 1.29 is 162 Å². The number of benzene rings is 2. The van der Waals surface area contributed by atoms with E-state index < -0.39 is 39.2 Å². The summed E-state index contributed by atoms with van der Waals surface area (Å²) >= 11 is 8.23. The zero-order chi connectivity index (χ0) is 85.7. The molecule has 2 saturated heterocycles. The third-order valence-corrected chi connectivity index (χ3v) is 17.6. The predicted molar refractivity (Wildman–Crippen MR) is 455 cm³/mol. The average molecular weight is 1790 g/mol. The summed E-state index contributed by atoms with van der Waals surface area (Å²) in [6.45, 7) is 20.6. The van der Waals surface area contributed by atoms with Gasteiger partial charge in [-0.25, -0.2) is 44.3 Å². The predicted octanol–water partition coefficient (Wildman–Crippen LogP) is 8.69. The first-order valence-corrected chi connectivity index (χ1v) is 43.9. The van der Waals surface area contributed by atoms with E-state index in [1.807, 2.05) is 42.5 Å². The fourth-order valence-electron chi connectivity index (χ4n) is 8.75. The number of oxime groups is 1. The molecule has 9 aromatic heterocycles. The molecule has 1 amide bonds. The number of nitrogens with zero attached hydrogens (tertiary/aromatic N) is 11. The van der Waals surface area contributed by atoms with Crippen molar-refractivity contribution in [3.8, 4) is 105 Å². The Morgan fingerprint density at radius 1 is 0.537 bits per heavy atom. The molecule has 0 atom stereocenters. The molecule has 0 bridgehead atoms. The van der Waals surface area contributed by atoms with Crippen LogP contribution in [0.15, 0.2) is 212 Å². The van der Waals surface area contributed by atoms with Gasteiger partial charge in [-0.05, 0) is 114 Å². The largest absolute Gasteiger partial charge is 1.00 e. The molecule has 2 aliphatic heterocycles. The number of hydrogen-bond acceptors (Lipinski definition) is 29. The van der Waals surface area contributed by atoms with Gasteiger partial charge in [0, 0.05) is 56.2 Å². The van der Waals surface area contributed by atoms with Crippen molar-refractivity contribution >= 4 is 72.7 Å². The molecular weight excluding hydrogens is 1700 g/mol. The molecule has 2 aromatic carbocycles. The van der Waals surface area contributed by atoms with E-state index in [4.69, 9.17) is 81.5 Å². The second-order valence-corrected chi connectivity index (χ2v) is 36.6. The molecule has 2 fully saturated rings. The maximum atomic E-state index is 12.5. The number of carbonyl (C=O) groups is 4. The fraction of sp³-hybridized carbons (Fsp3) is 0.262. The van der Waals surface area contributed by atoms with Crippen LogP contribution in [0.2, 0.25) is 39.3 Å². The molecule has 13 rings (SSSR count). The second kappa shape index (κ2) is 58.1. The Bertz CT molecular complexity index is 5010. The molecule has 0 radical (unpaired) electrons. The van der Waals surface area contributed by atoms with Crippen LogP contribution in [0.3, 0.4) is 0 Å². The first-order chi connectivity index (χ1) is 56.1. The second-order valence-electron chi connectivity index (χ2n) is 25.9. The number of carbonyl (C=O) groups excluding carboxylic acids is 3. The van der Waals surface area contributed by atoms with E-state index in [0.717, 1.165) is 46.6 Å². The molecule has 11 aromatic rings. The Balaban J connectivity index is 0.000000698. The van der Waals surface area contributed by atoms with Crippen molar-refractivity contribution in [2.75, 3.05) is 82.1 Å². The number of rotatable bonds is 17. The van der Waals surface area contributed by atoms with E-state index >= 15 is 0 Å². The molecule has 121 heavy (non-hydrogen) atoms. The van der Waals surface area contributed by atoms with Crippen molar-refractivity contribution in [2.24, 2.45) is 5.16 Å². The Kier molecular flexibility index (Phi) is 52.0. The van der Waals surface area contributed by atoms with Crippen LogP contribution in [0.4, 0.5) is 0 Å². The quantitative estimate of drug-likeness (QED) is 0.0146. The molecule has 628 valence electrons. The van der Waals surface area contributed by atoms with Gasteiger partial charge in [0.1, 0.15) is 83.7 Å². The summed E-state index contributed by atoms with van der Waals surface area (Å²) in [5.41, 5.74) is 12.1. The van der Waals surface area contributed by atoms with Gasteiger partial charge in [0.05, 0.1) is 93.1 Å². The maximum Gasteiger partial charge on any atom is 1.00 e. The van der Waals surface area contributed by atoms with Crippen molar-refractivity contribution in [2.45, 2.75) is 65.0 Å². The Labute approximate surface area is 773 Å². The van der Waals surface area contributed by atoms with Gasteiger partial charge < -0.3 is 82.9 Å². The molecule has 31 nitrogen and oxygen atoms in total. The number of pyridine rings is 6. The minimum Gasteiger partial charge on any atom is -0.870 e. The number of halogens is 2. The summed E-state index contributed by atoms with van der Waals surface area (Å²) in [5.74, 6) is 9.43. The van der Waals surface area contributed by atoms with Crippen LogP contribution in [0.5, 0.6) is 34.5 Å². The third kappa shape index (κ3) is 39.9. The maximum absolute atomic E-state index is 12.5. The Hall–Kier alpha value is -10.9. The van der Waals surface area contributed by atoms with Gasteiger partial charge in [-0.3, -0.25) is 4.79 Å². The van der Waals surface area contributed by atoms with Gasteiger partial charge in [0.2, 0.25) is 0 Å². The van der Waals surface area contributed by atoms with Crippen LogP contribution in [-0.4, -0.2) is 199 Å². The van der Waals surface area contributed by atoms with Crippen LogP contribution in [0.25, 0.3) is 34.4 Å². The summed E-state index contributed by atoms with van der Waals surface area (Å²) < 4.78 is 54.9. The molecule has 0 saturated carbocycles. The van der Waals surface area contributed by atoms with Crippen LogP contribution >= 0.6 is 27.5 Å².